The lowest BCUT2D eigenvalue weighted by Crippen LogP contribution is -2.28. The van der Waals surface area contributed by atoms with Crippen molar-refractivity contribution in [2.75, 3.05) is 0 Å². The highest BCUT2D eigenvalue weighted by Gasteiger charge is 2.10. The van der Waals surface area contributed by atoms with Gasteiger partial charge >= 0.3 is 0 Å². The highest BCUT2D eigenvalue weighted by molar-refractivity contribution is 7.13. The van der Waals surface area contributed by atoms with Crippen LogP contribution >= 0.6 is 11.3 Å². The summed E-state index contributed by atoms with van der Waals surface area (Å²) in [4.78, 5) is 1.20. The number of hydrogen-bond donors (Lipinski definition) is 3. The van der Waals surface area contributed by atoms with E-state index >= 15 is 0 Å². The molecule has 0 radical (unpaired) electrons. The summed E-state index contributed by atoms with van der Waals surface area (Å²) in [6.45, 7) is 4.66. The molecule has 0 fully saturated rings. The Kier molecular flexibility index (Phi) is 4.52. The van der Waals surface area contributed by atoms with E-state index in [0.717, 1.165) is 24.2 Å². The van der Waals surface area contributed by atoms with E-state index in [1.165, 1.54) is 4.88 Å². The molecule has 0 aliphatic rings. The van der Waals surface area contributed by atoms with Crippen molar-refractivity contribution in [2.24, 2.45) is 0 Å². The molecule has 0 saturated carbocycles. The maximum Gasteiger partial charge on any atom is 0.0794 e. The Morgan fingerprint density at radius 3 is 3.00 bits per heavy atom. The van der Waals surface area contributed by atoms with E-state index in [4.69, 9.17) is 0 Å². The molecule has 3 N–H and O–H groups in total. The number of aromatic amines is 1. The molecule has 0 aromatic carbocycles. The maximum atomic E-state index is 9.33. The molecule has 98 valence electrons. The Morgan fingerprint density at radius 1 is 1.50 bits per heavy atom. The Balaban J connectivity index is 1.96. The van der Waals surface area contributed by atoms with E-state index in [9.17, 15) is 5.11 Å². The zero-order valence-electron chi connectivity index (χ0n) is 10.7. The lowest BCUT2D eigenvalue weighted by Gasteiger charge is -2.15. The molecule has 0 bridgehead atoms. The van der Waals surface area contributed by atoms with Crippen molar-refractivity contribution in [3.63, 3.8) is 0 Å². The summed E-state index contributed by atoms with van der Waals surface area (Å²) >= 11 is 1.70. The first-order valence-electron chi connectivity index (χ1n) is 6.14. The summed E-state index contributed by atoms with van der Waals surface area (Å²) in [5, 5.41) is 21.9. The van der Waals surface area contributed by atoms with E-state index in [-0.39, 0.29) is 12.1 Å². The first-order valence-corrected chi connectivity index (χ1v) is 7.02. The van der Waals surface area contributed by atoms with Crippen molar-refractivity contribution in [1.29, 1.82) is 0 Å². The number of nitrogens with zero attached hydrogens (tertiary/aromatic N) is 1. The van der Waals surface area contributed by atoms with Gasteiger partial charge in [0.2, 0.25) is 0 Å². The second-order valence-electron chi connectivity index (χ2n) is 4.61. The lowest BCUT2D eigenvalue weighted by molar-refractivity contribution is 0.170. The van der Waals surface area contributed by atoms with Gasteiger partial charge in [-0.15, -0.1) is 11.3 Å². The van der Waals surface area contributed by atoms with Gasteiger partial charge in [0.1, 0.15) is 0 Å². The van der Waals surface area contributed by atoms with E-state index in [2.05, 4.69) is 33.9 Å². The summed E-state index contributed by atoms with van der Waals surface area (Å²) < 4.78 is 0. The number of hydrogen-bond acceptors (Lipinski definition) is 4. The highest BCUT2D eigenvalue weighted by atomic mass is 32.1. The fraction of sp³-hybridized carbons (Fsp3) is 0.462. The normalized spacial score (nSPS) is 14.6. The zero-order valence-corrected chi connectivity index (χ0v) is 11.5. The van der Waals surface area contributed by atoms with Crippen molar-refractivity contribution < 1.29 is 5.11 Å². The summed E-state index contributed by atoms with van der Waals surface area (Å²) in [5.41, 5.74) is 2.25. The fourth-order valence-electron chi connectivity index (χ4n) is 1.96. The SMILES string of the molecule is CC(O)CC(C)NCc1cn[nH]c1-c1cccs1. The van der Waals surface area contributed by atoms with E-state index in [0.29, 0.717) is 0 Å². The molecule has 18 heavy (non-hydrogen) atoms. The van der Waals surface area contributed by atoms with Gasteiger partial charge in [0.25, 0.3) is 0 Å². The van der Waals surface area contributed by atoms with Crippen LogP contribution < -0.4 is 5.32 Å². The van der Waals surface area contributed by atoms with Gasteiger partial charge in [0.05, 0.1) is 22.9 Å². The third-order valence-corrected chi connectivity index (χ3v) is 3.71. The minimum atomic E-state index is -0.270. The molecule has 0 saturated heterocycles. The van der Waals surface area contributed by atoms with Gasteiger partial charge in [-0.3, -0.25) is 5.10 Å². The van der Waals surface area contributed by atoms with Crippen LogP contribution in [0.25, 0.3) is 10.6 Å². The van der Waals surface area contributed by atoms with Crippen molar-refractivity contribution in [3.05, 3.63) is 29.3 Å². The highest BCUT2D eigenvalue weighted by Crippen LogP contribution is 2.25. The topological polar surface area (TPSA) is 60.9 Å². The van der Waals surface area contributed by atoms with Gasteiger partial charge in [-0.05, 0) is 31.7 Å². The second kappa shape index (κ2) is 6.13. The van der Waals surface area contributed by atoms with Gasteiger partial charge < -0.3 is 10.4 Å². The van der Waals surface area contributed by atoms with Crippen LogP contribution in [0.5, 0.6) is 0 Å². The third kappa shape index (κ3) is 3.41. The average molecular weight is 265 g/mol. The van der Waals surface area contributed by atoms with Crippen LogP contribution in [0.15, 0.2) is 23.7 Å². The van der Waals surface area contributed by atoms with Gasteiger partial charge in [-0.1, -0.05) is 6.07 Å². The first kappa shape index (κ1) is 13.3. The molecule has 4 nitrogen and oxygen atoms in total. The van der Waals surface area contributed by atoms with Crippen molar-refractivity contribution in [1.82, 2.24) is 15.5 Å². The van der Waals surface area contributed by atoms with Crippen LogP contribution in [-0.2, 0) is 6.54 Å². The molecule has 2 rings (SSSR count). The molecule has 2 aromatic rings. The molecule has 2 heterocycles. The van der Waals surface area contributed by atoms with Crippen LogP contribution in [0.1, 0.15) is 25.8 Å². The molecule has 0 aliphatic heterocycles. The van der Waals surface area contributed by atoms with Crippen molar-refractivity contribution in [2.45, 2.75) is 39.0 Å². The largest absolute Gasteiger partial charge is 0.393 e. The van der Waals surface area contributed by atoms with Gasteiger partial charge in [-0.25, -0.2) is 0 Å². The number of aliphatic hydroxyl groups excluding tert-OH is 1. The molecular weight excluding hydrogens is 246 g/mol. The van der Waals surface area contributed by atoms with E-state index in [1.807, 2.05) is 19.2 Å². The van der Waals surface area contributed by atoms with Crippen LogP contribution in [-0.4, -0.2) is 27.4 Å². The van der Waals surface area contributed by atoms with Crippen LogP contribution in [0.2, 0.25) is 0 Å². The summed E-state index contributed by atoms with van der Waals surface area (Å²) in [7, 11) is 0. The number of thiophene rings is 1. The van der Waals surface area contributed by atoms with E-state index < -0.39 is 0 Å². The van der Waals surface area contributed by atoms with Crippen LogP contribution in [0.3, 0.4) is 0 Å². The van der Waals surface area contributed by atoms with E-state index in [1.54, 1.807) is 11.3 Å². The van der Waals surface area contributed by atoms with Crippen LogP contribution in [0.4, 0.5) is 0 Å². The average Bonchev–Trinajstić information content (AvgIpc) is 2.96. The standard InChI is InChI=1S/C13H19N3OS/c1-9(6-10(2)17)14-7-11-8-15-16-13(11)12-4-3-5-18-12/h3-5,8-10,14,17H,6-7H2,1-2H3,(H,15,16). The maximum absolute atomic E-state index is 9.33. The number of aliphatic hydroxyl groups is 1. The zero-order chi connectivity index (χ0) is 13.0. The molecule has 0 spiro atoms. The van der Waals surface area contributed by atoms with Gasteiger partial charge in [-0.2, -0.15) is 5.10 Å². The third-order valence-electron chi connectivity index (χ3n) is 2.82. The number of aromatic nitrogens is 2. The Bertz CT molecular complexity index is 464. The van der Waals surface area contributed by atoms with Crippen molar-refractivity contribution in [3.8, 4) is 10.6 Å². The quantitative estimate of drug-likeness (QED) is 0.751. The summed E-state index contributed by atoms with van der Waals surface area (Å²) in [6.07, 6.45) is 2.34. The minimum absolute atomic E-state index is 0.270. The molecule has 0 amide bonds. The minimum Gasteiger partial charge on any atom is -0.393 e. The Morgan fingerprint density at radius 2 is 2.33 bits per heavy atom. The van der Waals surface area contributed by atoms with Gasteiger partial charge in [0.15, 0.2) is 0 Å². The smallest absolute Gasteiger partial charge is 0.0794 e. The predicted molar refractivity (Wildman–Crippen MR) is 74.5 cm³/mol. The first-order chi connectivity index (χ1) is 8.66. The summed E-state index contributed by atoms with van der Waals surface area (Å²) in [5.74, 6) is 0. The number of rotatable bonds is 6. The monoisotopic (exact) mass is 265 g/mol. The number of nitrogens with one attached hydrogen (secondary N) is 2. The Hall–Kier alpha value is -1.17. The molecule has 0 aliphatic carbocycles. The predicted octanol–water partition coefficient (Wildman–Crippen LogP) is 2.39. The number of H-pyrrole nitrogens is 1. The second-order valence-corrected chi connectivity index (χ2v) is 5.56. The fourth-order valence-corrected chi connectivity index (χ4v) is 2.71. The molecule has 2 atom stereocenters. The Labute approximate surface area is 111 Å². The lowest BCUT2D eigenvalue weighted by atomic mass is 10.1. The molecule has 2 unspecified atom stereocenters. The molecule has 5 heteroatoms. The van der Waals surface area contributed by atoms with Crippen LogP contribution in [0, 0.1) is 0 Å². The van der Waals surface area contributed by atoms with Crippen molar-refractivity contribution >= 4 is 11.3 Å². The molecular formula is C13H19N3OS. The van der Waals surface area contributed by atoms with Gasteiger partial charge in [0, 0.05) is 18.2 Å². The summed E-state index contributed by atoms with van der Waals surface area (Å²) in [6, 6.07) is 4.41. The molecule has 2 aromatic heterocycles.